The van der Waals surface area contributed by atoms with E-state index in [9.17, 15) is 0 Å². The van der Waals surface area contributed by atoms with Crippen molar-refractivity contribution in [3.63, 3.8) is 0 Å². The number of para-hydroxylation sites is 2. The highest BCUT2D eigenvalue weighted by Gasteiger charge is 2.43. The van der Waals surface area contributed by atoms with Gasteiger partial charge < -0.3 is 4.42 Å². The summed E-state index contributed by atoms with van der Waals surface area (Å²) < 4.78 is 6.62. The maximum atomic E-state index is 6.62. The summed E-state index contributed by atoms with van der Waals surface area (Å²) in [6.45, 7) is 6.08. The molecule has 3 aromatic heterocycles. The largest absolute Gasteiger partial charge is 0.455 e. The van der Waals surface area contributed by atoms with E-state index in [1.165, 1.54) is 50.1 Å². The number of rotatable bonds is 5. The topological polar surface area (TPSA) is 51.3 Å². The van der Waals surface area contributed by atoms with Gasteiger partial charge in [-0.05, 0) is 89.7 Å². The van der Waals surface area contributed by atoms with E-state index < -0.39 is 0 Å². The number of hydrogen-bond acceptors (Lipinski definition) is 4. The lowest BCUT2D eigenvalue weighted by molar-refractivity contribution is 0.485. The quantitative estimate of drug-likeness (QED) is 0.100. The lowest BCUT2D eigenvalue weighted by Crippen LogP contribution is -2.32. The second-order valence-electron chi connectivity index (χ2n) is 16.0. The summed E-state index contributed by atoms with van der Waals surface area (Å²) >= 11 is 0. The van der Waals surface area contributed by atoms with Crippen molar-refractivity contribution >= 4 is 67.1 Å². The first-order valence-electron chi connectivity index (χ1n) is 20.4. The number of fused-ring (bicyclic) bond motifs is 8. The number of benzene rings is 4. The summed E-state index contributed by atoms with van der Waals surface area (Å²) in [4.78, 5) is 15.1. The molecule has 3 heterocycles. The number of furan rings is 1. The molecule has 5 aliphatic rings. The number of pyridine rings is 2. The van der Waals surface area contributed by atoms with Crippen molar-refractivity contribution in [3.8, 4) is 11.3 Å². The van der Waals surface area contributed by atoms with Crippen molar-refractivity contribution in [3.05, 3.63) is 197 Å². The lowest BCUT2D eigenvalue weighted by Gasteiger charge is -2.45. The van der Waals surface area contributed by atoms with Gasteiger partial charge in [0.25, 0.3) is 0 Å². The number of aliphatic imine (C=N–C) groups is 1. The van der Waals surface area contributed by atoms with Gasteiger partial charge in [-0.2, -0.15) is 0 Å². The zero-order valence-electron chi connectivity index (χ0n) is 32.2. The summed E-state index contributed by atoms with van der Waals surface area (Å²) in [6.07, 6.45) is 26.7. The Hall–Kier alpha value is -6.91. The minimum absolute atomic E-state index is 0.0651. The van der Waals surface area contributed by atoms with E-state index in [0.29, 0.717) is 11.8 Å². The first-order chi connectivity index (χ1) is 28.7. The highest BCUT2D eigenvalue weighted by Crippen LogP contribution is 2.56. The van der Waals surface area contributed by atoms with Crippen LogP contribution in [-0.4, -0.2) is 16.2 Å². The van der Waals surface area contributed by atoms with Gasteiger partial charge in [-0.15, -0.1) is 6.58 Å². The number of nitrogens with zero attached hydrogens (tertiary/aromatic N) is 3. The van der Waals surface area contributed by atoms with Gasteiger partial charge in [0.2, 0.25) is 0 Å². The third kappa shape index (κ3) is 4.78. The Bertz CT molecular complexity index is 3230. The average Bonchev–Trinajstić information content (AvgIpc) is 3.67. The molecule has 276 valence electrons. The van der Waals surface area contributed by atoms with E-state index in [1.54, 1.807) is 0 Å². The van der Waals surface area contributed by atoms with Gasteiger partial charge in [0, 0.05) is 62.0 Å². The van der Waals surface area contributed by atoms with Crippen LogP contribution >= 0.6 is 0 Å². The van der Waals surface area contributed by atoms with Crippen molar-refractivity contribution < 1.29 is 4.42 Å². The van der Waals surface area contributed by atoms with Gasteiger partial charge in [-0.25, -0.2) is 4.98 Å². The Labute approximate surface area is 337 Å². The summed E-state index contributed by atoms with van der Waals surface area (Å²) in [6, 6.07) is 32.4. The second kappa shape index (κ2) is 12.8. The number of aromatic nitrogens is 2. The molecule has 58 heavy (non-hydrogen) atoms. The van der Waals surface area contributed by atoms with E-state index in [-0.39, 0.29) is 12.0 Å². The van der Waals surface area contributed by atoms with E-state index in [4.69, 9.17) is 19.4 Å². The molecular formula is C54H39N3O. The van der Waals surface area contributed by atoms with Crippen molar-refractivity contribution in [1.29, 1.82) is 0 Å². The maximum Gasteiger partial charge on any atom is 0.144 e. The van der Waals surface area contributed by atoms with Gasteiger partial charge >= 0.3 is 0 Å². The van der Waals surface area contributed by atoms with Crippen LogP contribution in [0, 0.1) is 17.8 Å². The van der Waals surface area contributed by atoms with Crippen LogP contribution in [0.2, 0.25) is 0 Å². The molecule has 12 rings (SSSR count). The molecule has 4 unspecified atom stereocenters. The minimum Gasteiger partial charge on any atom is -0.455 e. The van der Waals surface area contributed by atoms with Crippen molar-refractivity contribution in [2.45, 2.75) is 25.8 Å². The third-order valence-electron chi connectivity index (χ3n) is 13.2. The van der Waals surface area contributed by atoms with Crippen LogP contribution in [0.25, 0.3) is 72.1 Å². The Morgan fingerprint density at radius 2 is 1.64 bits per heavy atom. The summed E-state index contributed by atoms with van der Waals surface area (Å²) in [5.74, 6) is 0.716. The van der Waals surface area contributed by atoms with Gasteiger partial charge in [0.15, 0.2) is 0 Å². The van der Waals surface area contributed by atoms with Crippen molar-refractivity contribution in [2.24, 2.45) is 22.7 Å². The van der Waals surface area contributed by atoms with Crippen LogP contribution in [0.4, 0.5) is 0 Å². The van der Waals surface area contributed by atoms with E-state index in [1.807, 2.05) is 31.5 Å². The molecule has 0 N–H and O–H groups in total. The number of hydrogen-bond donors (Lipinski definition) is 0. The Morgan fingerprint density at radius 1 is 0.776 bits per heavy atom. The molecule has 0 amide bonds. The summed E-state index contributed by atoms with van der Waals surface area (Å²) in [7, 11) is 0. The van der Waals surface area contributed by atoms with Crippen LogP contribution in [0.5, 0.6) is 0 Å². The fraction of sp³-hybridized carbons (Fsp3) is 0.130. The molecule has 4 nitrogen and oxygen atoms in total. The normalized spacial score (nSPS) is 21.9. The average molecular weight is 746 g/mol. The molecule has 5 aliphatic carbocycles. The van der Waals surface area contributed by atoms with Crippen LogP contribution < -0.4 is 0 Å². The predicted octanol–water partition coefficient (Wildman–Crippen LogP) is 13.5. The van der Waals surface area contributed by atoms with E-state index in [0.717, 1.165) is 73.4 Å². The Kier molecular flexibility index (Phi) is 7.34. The molecule has 1 fully saturated rings. The van der Waals surface area contributed by atoms with Crippen LogP contribution in [0.3, 0.4) is 0 Å². The zero-order chi connectivity index (χ0) is 38.5. The summed E-state index contributed by atoms with van der Waals surface area (Å²) in [5, 5.41) is 5.58. The molecule has 7 aromatic rings. The fourth-order valence-corrected chi connectivity index (χ4v) is 10.6. The molecule has 4 atom stereocenters. The Morgan fingerprint density at radius 3 is 2.55 bits per heavy atom. The van der Waals surface area contributed by atoms with Crippen LogP contribution in [0.15, 0.2) is 184 Å². The summed E-state index contributed by atoms with van der Waals surface area (Å²) in [5.41, 5.74) is 18.0. The number of allylic oxidation sites excluding steroid dienone is 12. The molecule has 4 heteroatoms. The minimum atomic E-state index is -0.0651. The molecule has 0 radical (unpaired) electrons. The van der Waals surface area contributed by atoms with E-state index in [2.05, 4.69) is 140 Å². The van der Waals surface area contributed by atoms with Crippen molar-refractivity contribution in [2.75, 3.05) is 0 Å². The highest BCUT2D eigenvalue weighted by molar-refractivity contribution is 6.24. The van der Waals surface area contributed by atoms with E-state index >= 15 is 0 Å². The third-order valence-corrected chi connectivity index (χ3v) is 13.2. The lowest BCUT2D eigenvalue weighted by atomic mass is 9.59. The fourth-order valence-electron chi connectivity index (χ4n) is 10.6. The van der Waals surface area contributed by atoms with Crippen LogP contribution in [-0.2, 0) is 0 Å². The first-order valence-corrected chi connectivity index (χ1v) is 20.4. The van der Waals surface area contributed by atoms with Gasteiger partial charge in [-0.3, -0.25) is 9.98 Å². The molecule has 1 saturated carbocycles. The second-order valence-corrected chi connectivity index (χ2v) is 16.0. The predicted molar refractivity (Wildman–Crippen MR) is 240 cm³/mol. The van der Waals surface area contributed by atoms with Gasteiger partial charge in [0.1, 0.15) is 17.2 Å². The van der Waals surface area contributed by atoms with Gasteiger partial charge in [-0.1, -0.05) is 126 Å². The molecule has 4 aromatic carbocycles. The molecule has 0 aliphatic heterocycles. The maximum absolute atomic E-state index is 6.62. The highest BCUT2D eigenvalue weighted by atomic mass is 16.3. The Balaban J connectivity index is 0.967. The standard InChI is InChI=1S/C54H39N3O/c1-3-31-16-25-42-38(28-29-56-53(42)52(31)55-4-2)37-22-18-33-19-23-40-36(21-17-32-20-24-41(37)49(33)48(32)40)34-10-9-11-35(30-34)51-45-27-26-43-39-12-6-8-15-47(39)58-54(43)50(45)44-13-5-7-14-46(44)57-51/h3-18,20-22,24-31,48-49,52H,1,19,23H2,2H3. The molecular weight excluding hydrogens is 707 g/mol. The molecule has 0 saturated heterocycles. The monoisotopic (exact) mass is 745 g/mol. The van der Waals surface area contributed by atoms with Crippen LogP contribution in [0.1, 0.15) is 48.2 Å². The van der Waals surface area contributed by atoms with Crippen molar-refractivity contribution in [1.82, 2.24) is 9.97 Å². The first kappa shape index (κ1) is 33.3. The molecule has 0 bridgehead atoms. The smallest absolute Gasteiger partial charge is 0.144 e. The SMILES string of the molecule is C=CC1C=Cc2c(C3=CC=C4CCC5=C(c6cccc(-c7nc8ccccc8c8c7ccc7c9ccccc9oc78)c6)C=CC6=CC=C3C4C65)ccnc2C1N=CC. The van der Waals surface area contributed by atoms with Gasteiger partial charge in [0.05, 0.1) is 16.9 Å². The molecule has 0 spiro atoms. The zero-order valence-corrected chi connectivity index (χ0v) is 32.2.